The Balaban J connectivity index is 1.21. The van der Waals surface area contributed by atoms with Gasteiger partial charge >= 0.3 is 0 Å². The van der Waals surface area contributed by atoms with Crippen LogP contribution in [0.2, 0.25) is 0 Å². The van der Waals surface area contributed by atoms with Gasteiger partial charge in [0, 0.05) is 50.7 Å². The van der Waals surface area contributed by atoms with Gasteiger partial charge in [-0.2, -0.15) is 0 Å². The van der Waals surface area contributed by atoms with E-state index in [0.29, 0.717) is 6.42 Å². The van der Waals surface area contributed by atoms with Crippen molar-refractivity contribution >= 4 is 11.6 Å². The Morgan fingerprint density at radius 3 is 1.80 bits per heavy atom. The Morgan fingerprint density at radius 1 is 0.743 bits per heavy atom. The minimum Gasteiger partial charge on any atom is -0.326 e. The first-order valence-corrected chi connectivity index (χ1v) is 12.4. The van der Waals surface area contributed by atoms with Crippen LogP contribution in [-0.4, -0.2) is 55.0 Å². The highest BCUT2D eigenvalue weighted by atomic mass is 19.1. The summed E-state index contributed by atoms with van der Waals surface area (Å²) in [5.41, 5.74) is 2.94. The summed E-state index contributed by atoms with van der Waals surface area (Å²) in [4.78, 5) is 17.0. The zero-order valence-corrected chi connectivity index (χ0v) is 20.0. The molecule has 1 aliphatic rings. The summed E-state index contributed by atoms with van der Waals surface area (Å²) in [6.45, 7) is 5.64. The average molecular weight is 478 g/mol. The second kappa shape index (κ2) is 12.6. The summed E-state index contributed by atoms with van der Waals surface area (Å²) >= 11 is 0. The molecule has 0 aliphatic carbocycles. The third-order valence-corrected chi connectivity index (χ3v) is 6.69. The maximum Gasteiger partial charge on any atom is 0.225 e. The van der Waals surface area contributed by atoms with Gasteiger partial charge in [-0.05, 0) is 66.9 Å². The van der Waals surface area contributed by atoms with Crippen molar-refractivity contribution in [3.05, 3.63) is 102 Å². The number of nitrogens with zero attached hydrogens (tertiary/aromatic N) is 2. The van der Waals surface area contributed by atoms with Crippen LogP contribution in [0.25, 0.3) is 0 Å². The van der Waals surface area contributed by atoms with Crippen molar-refractivity contribution in [2.75, 3.05) is 44.6 Å². The number of amides is 1. The molecule has 1 fully saturated rings. The number of anilines is 1. The van der Waals surface area contributed by atoms with E-state index >= 15 is 0 Å². The van der Waals surface area contributed by atoms with Gasteiger partial charge in [0.1, 0.15) is 11.6 Å². The highest BCUT2D eigenvalue weighted by Gasteiger charge is 2.19. The summed E-state index contributed by atoms with van der Waals surface area (Å²) in [5.74, 6) is -0.337. The number of carbonyl (C=O) groups is 1. The lowest BCUT2D eigenvalue weighted by Gasteiger charge is -2.34. The molecule has 0 spiro atoms. The highest BCUT2D eigenvalue weighted by molar-refractivity contribution is 5.90. The van der Waals surface area contributed by atoms with Crippen molar-refractivity contribution < 1.29 is 13.6 Å². The van der Waals surface area contributed by atoms with Crippen LogP contribution in [0.15, 0.2) is 78.9 Å². The maximum atomic E-state index is 13.4. The molecular formula is C29H33F2N3O. The van der Waals surface area contributed by atoms with Gasteiger partial charge < -0.3 is 15.1 Å². The molecule has 1 heterocycles. The van der Waals surface area contributed by atoms with E-state index in [4.69, 9.17) is 0 Å². The van der Waals surface area contributed by atoms with E-state index in [1.807, 2.05) is 54.6 Å². The van der Waals surface area contributed by atoms with E-state index in [1.54, 1.807) is 0 Å². The molecule has 3 aromatic rings. The lowest BCUT2D eigenvalue weighted by molar-refractivity contribution is -0.116. The van der Waals surface area contributed by atoms with Crippen LogP contribution in [-0.2, 0) is 4.79 Å². The Hall–Kier alpha value is -3.09. The number of piperazine rings is 1. The van der Waals surface area contributed by atoms with Gasteiger partial charge in [0.05, 0.1) is 0 Å². The molecule has 4 nitrogen and oxygen atoms in total. The summed E-state index contributed by atoms with van der Waals surface area (Å²) in [7, 11) is 0. The predicted octanol–water partition coefficient (Wildman–Crippen LogP) is 5.52. The molecule has 3 aromatic carbocycles. The number of benzene rings is 3. The molecular weight excluding hydrogens is 444 g/mol. The van der Waals surface area contributed by atoms with E-state index in [9.17, 15) is 13.6 Å². The molecule has 1 N–H and O–H groups in total. The second-order valence-corrected chi connectivity index (χ2v) is 9.15. The van der Waals surface area contributed by atoms with E-state index in [2.05, 4.69) is 15.1 Å². The van der Waals surface area contributed by atoms with Gasteiger partial charge in [0.2, 0.25) is 5.91 Å². The van der Waals surface area contributed by atoms with E-state index in [1.165, 1.54) is 24.3 Å². The first-order valence-electron chi connectivity index (χ1n) is 12.4. The molecule has 0 bridgehead atoms. The van der Waals surface area contributed by atoms with Crippen LogP contribution < -0.4 is 5.32 Å². The van der Waals surface area contributed by atoms with Crippen LogP contribution in [0.5, 0.6) is 0 Å². The fourth-order valence-electron chi connectivity index (χ4n) is 4.68. The quantitative estimate of drug-likeness (QED) is 0.418. The zero-order chi connectivity index (χ0) is 24.5. The van der Waals surface area contributed by atoms with Crippen LogP contribution >= 0.6 is 0 Å². The van der Waals surface area contributed by atoms with Gasteiger partial charge in [-0.25, -0.2) is 8.78 Å². The third-order valence-electron chi connectivity index (χ3n) is 6.69. The number of halogens is 2. The Morgan fingerprint density at radius 2 is 1.26 bits per heavy atom. The number of rotatable bonds is 10. The van der Waals surface area contributed by atoms with Gasteiger partial charge in [0.15, 0.2) is 0 Å². The Bertz CT molecular complexity index is 1000. The first-order chi connectivity index (χ1) is 17.1. The van der Waals surface area contributed by atoms with Crippen molar-refractivity contribution in [3.8, 4) is 0 Å². The summed E-state index contributed by atoms with van der Waals surface area (Å²) < 4.78 is 26.9. The summed E-state index contributed by atoms with van der Waals surface area (Å²) in [6, 6.07) is 22.8. The smallest absolute Gasteiger partial charge is 0.225 e. The number of nitrogens with one attached hydrogen (secondary N) is 1. The topological polar surface area (TPSA) is 35.6 Å². The molecule has 1 aliphatic heterocycles. The summed E-state index contributed by atoms with van der Waals surface area (Å²) in [5, 5.41) is 2.94. The molecule has 184 valence electrons. The number of hydrogen-bond acceptors (Lipinski definition) is 3. The fraction of sp³-hybridized carbons (Fsp3) is 0.345. The van der Waals surface area contributed by atoms with Gasteiger partial charge in [-0.15, -0.1) is 0 Å². The molecule has 1 amide bonds. The van der Waals surface area contributed by atoms with E-state index < -0.39 is 0 Å². The van der Waals surface area contributed by atoms with E-state index in [0.717, 1.165) is 68.9 Å². The SMILES string of the molecule is O=C(CCN1CCN(CCCC(c2ccc(F)cc2)c2ccc(F)cc2)CC1)Nc1ccccc1. The molecule has 4 rings (SSSR count). The second-order valence-electron chi connectivity index (χ2n) is 9.15. The fourth-order valence-corrected chi connectivity index (χ4v) is 4.68. The minimum absolute atomic E-state index is 0.0475. The lowest BCUT2D eigenvalue weighted by atomic mass is 9.87. The lowest BCUT2D eigenvalue weighted by Crippen LogP contribution is -2.47. The maximum absolute atomic E-state index is 13.4. The summed E-state index contributed by atoms with van der Waals surface area (Å²) in [6.07, 6.45) is 2.40. The molecule has 0 unspecified atom stereocenters. The van der Waals surface area contributed by atoms with Crippen LogP contribution in [0, 0.1) is 11.6 Å². The largest absolute Gasteiger partial charge is 0.326 e. The molecule has 0 saturated carbocycles. The molecule has 0 atom stereocenters. The number of para-hydroxylation sites is 1. The molecule has 6 heteroatoms. The van der Waals surface area contributed by atoms with Crippen LogP contribution in [0.4, 0.5) is 14.5 Å². The van der Waals surface area contributed by atoms with Crippen molar-refractivity contribution in [2.45, 2.75) is 25.2 Å². The first kappa shape index (κ1) is 25.0. The van der Waals surface area contributed by atoms with Crippen molar-refractivity contribution in [1.82, 2.24) is 9.80 Å². The minimum atomic E-state index is -0.248. The predicted molar refractivity (Wildman–Crippen MR) is 136 cm³/mol. The zero-order valence-electron chi connectivity index (χ0n) is 20.0. The molecule has 0 radical (unpaired) electrons. The van der Waals surface area contributed by atoms with Gasteiger partial charge in [-0.1, -0.05) is 42.5 Å². The molecule has 1 saturated heterocycles. The Kier molecular flexibility index (Phi) is 8.98. The number of carbonyl (C=O) groups excluding carboxylic acids is 1. The van der Waals surface area contributed by atoms with Crippen molar-refractivity contribution in [3.63, 3.8) is 0 Å². The standard InChI is InChI=1S/C29H33F2N3O/c30-25-12-8-23(9-13-25)28(24-10-14-26(31)15-11-24)7-4-17-33-19-21-34(22-20-33)18-16-29(35)32-27-5-2-1-3-6-27/h1-3,5-6,8-15,28H,4,7,16-22H2,(H,32,35). The number of hydrogen-bond donors (Lipinski definition) is 1. The van der Waals surface area contributed by atoms with Gasteiger partial charge in [0.25, 0.3) is 0 Å². The molecule has 0 aromatic heterocycles. The third kappa shape index (κ3) is 7.70. The van der Waals surface area contributed by atoms with E-state index in [-0.39, 0.29) is 23.5 Å². The van der Waals surface area contributed by atoms with Crippen molar-refractivity contribution in [1.29, 1.82) is 0 Å². The van der Waals surface area contributed by atoms with Gasteiger partial charge in [-0.3, -0.25) is 4.79 Å². The Labute approximate surface area is 206 Å². The monoisotopic (exact) mass is 477 g/mol. The highest BCUT2D eigenvalue weighted by Crippen LogP contribution is 2.30. The normalized spacial score (nSPS) is 14.8. The van der Waals surface area contributed by atoms with Crippen LogP contribution in [0.1, 0.15) is 36.3 Å². The van der Waals surface area contributed by atoms with Crippen molar-refractivity contribution in [2.24, 2.45) is 0 Å². The molecule has 35 heavy (non-hydrogen) atoms. The van der Waals surface area contributed by atoms with Crippen LogP contribution in [0.3, 0.4) is 0 Å². The average Bonchev–Trinajstić information content (AvgIpc) is 2.88.